The number of benzene rings is 3. The number of nitrogens with zero attached hydrogens (tertiary/aromatic N) is 6. The molecule has 0 saturated carbocycles. The Balaban J connectivity index is 1.14. The Kier molecular flexibility index (Phi) is 9.43. The summed E-state index contributed by atoms with van der Waals surface area (Å²) in [5.74, 6) is -2.17. The summed E-state index contributed by atoms with van der Waals surface area (Å²) in [6.45, 7) is 6.35. The van der Waals surface area contributed by atoms with Crippen LogP contribution >= 0.6 is 0 Å². The zero-order chi connectivity index (χ0) is 33.0. The third-order valence-electron chi connectivity index (χ3n) is 8.09. The molecule has 3 aromatic carbocycles. The molecular weight excluding hydrogens is 628 g/mol. The van der Waals surface area contributed by atoms with Crippen LogP contribution in [-0.4, -0.2) is 79.0 Å². The number of carbonyl (C=O) groups excluding carboxylic acids is 1. The lowest BCUT2D eigenvalue weighted by molar-refractivity contribution is -0.128. The van der Waals surface area contributed by atoms with Crippen molar-refractivity contribution in [1.82, 2.24) is 24.3 Å². The minimum atomic E-state index is -4.93. The van der Waals surface area contributed by atoms with Crippen LogP contribution in [0.15, 0.2) is 90.2 Å². The van der Waals surface area contributed by atoms with Crippen molar-refractivity contribution in [2.75, 3.05) is 49.6 Å². The van der Waals surface area contributed by atoms with Crippen LogP contribution in [0, 0.1) is 11.6 Å². The number of halogens is 2. The van der Waals surface area contributed by atoms with E-state index < -0.39 is 26.6 Å². The second kappa shape index (κ2) is 13.8. The molecule has 0 atom stereocenters. The summed E-state index contributed by atoms with van der Waals surface area (Å²) >= 11 is 0. The van der Waals surface area contributed by atoms with Gasteiger partial charge in [-0.25, -0.2) is 18.7 Å². The summed E-state index contributed by atoms with van der Waals surface area (Å²) < 4.78 is 57.1. The Morgan fingerprint density at radius 1 is 0.936 bits per heavy atom. The highest BCUT2D eigenvalue weighted by Crippen LogP contribution is 2.30. The molecule has 1 aliphatic heterocycles. The van der Waals surface area contributed by atoms with E-state index >= 15 is 0 Å². The quantitative estimate of drug-likeness (QED) is 0.145. The van der Waals surface area contributed by atoms with Gasteiger partial charge in [-0.05, 0) is 74.6 Å². The molecule has 1 fully saturated rings. The van der Waals surface area contributed by atoms with Gasteiger partial charge in [-0.3, -0.25) is 4.79 Å². The van der Waals surface area contributed by atoms with Gasteiger partial charge in [0.2, 0.25) is 0 Å². The number of sulfonamides is 1. The Hall–Kier alpha value is -4.92. The number of piperazine rings is 1. The zero-order valence-corrected chi connectivity index (χ0v) is 26.4. The number of rotatable bonds is 12. The number of carbonyl (C=O) groups is 1. The van der Waals surface area contributed by atoms with Crippen molar-refractivity contribution in [2.24, 2.45) is 0 Å². The second-order valence-electron chi connectivity index (χ2n) is 11.2. The fourth-order valence-electron chi connectivity index (χ4n) is 5.60. The van der Waals surface area contributed by atoms with Crippen molar-refractivity contribution in [1.29, 1.82) is 0 Å². The third kappa shape index (κ3) is 7.09. The molecule has 0 unspecified atom stereocenters. The number of hydrogen-bond acceptors (Lipinski definition) is 9. The van der Waals surface area contributed by atoms with E-state index in [2.05, 4.69) is 65.9 Å². The van der Waals surface area contributed by atoms with Gasteiger partial charge in [0, 0.05) is 67.1 Å². The third-order valence-corrected chi connectivity index (χ3v) is 9.73. The zero-order valence-electron chi connectivity index (χ0n) is 25.6. The highest BCUT2D eigenvalue weighted by molar-refractivity contribution is 7.92. The van der Waals surface area contributed by atoms with Gasteiger partial charge < -0.3 is 24.5 Å². The minimum absolute atomic E-state index is 0.146. The van der Waals surface area contributed by atoms with E-state index in [-0.39, 0.29) is 16.6 Å². The molecular formula is C33H33F2N7O4S. The maximum atomic E-state index is 14.3. The molecule has 1 saturated heterocycles. The van der Waals surface area contributed by atoms with E-state index in [4.69, 9.17) is 0 Å². The smallest absolute Gasteiger partial charge is 0.322 e. The van der Waals surface area contributed by atoms with Gasteiger partial charge in [-0.2, -0.15) is 8.42 Å². The van der Waals surface area contributed by atoms with Crippen molar-refractivity contribution >= 4 is 44.6 Å². The lowest BCUT2D eigenvalue weighted by atomic mass is 10.1. The van der Waals surface area contributed by atoms with Gasteiger partial charge in [-0.15, -0.1) is 0 Å². The minimum Gasteiger partial charge on any atom is -0.347 e. The Morgan fingerprint density at radius 2 is 1.68 bits per heavy atom. The highest BCUT2D eigenvalue weighted by atomic mass is 32.2. The van der Waals surface area contributed by atoms with Crippen molar-refractivity contribution < 1.29 is 26.8 Å². The molecule has 14 heteroatoms. The highest BCUT2D eigenvalue weighted by Gasteiger charge is 2.33. The molecule has 11 nitrogen and oxygen atoms in total. The van der Waals surface area contributed by atoms with Gasteiger partial charge in [0.15, 0.2) is 4.90 Å². The molecule has 0 amide bonds. The number of fused-ring (bicyclic) bond motifs is 1. The van der Waals surface area contributed by atoms with E-state index in [9.17, 15) is 22.0 Å². The second-order valence-corrected chi connectivity index (χ2v) is 12.9. The predicted molar refractivity (Wildman–Crippen MR) is 174 cm³/mol. The molecule has 5 aromatic rings. The molecule has 0 bridgehead atoms. The SMILES string of the molecule is CN1CCN(CCCn2ccc3cc(-c4cc(Nc5ccc(N(OC=O)S(=O)(=O)c6c(F)cccc6F)cc5)ncn4)ccc32)CC1. The maximum Gasteiger partial charge on any atom is 0.322 e. The van der Waals surface area contributed by atoms with E-state index in [1.165, 1.54) is 30.6 Å². The number of aromatic nitrogens is 3. The monoisotopic (exact) mass is 661 g/mol. The molecule has 47 heavy (non-hydrogen) atoms. The summed E-state index contributed by atoms with van der Waals surface area (Å²) in [7, 11) is -2.76. The van der Waals surface area contributed by atoms with Crippen molar-refractivity contribution in [3.05, 3.63) is 97.0 Å². The average Bonchev–Trinajstić information content (AvgIpc) is 3.47. The van der Waals surface area contributed by atoms with Gasteiger partial charge in [0.1, 0.15) is 23.8 Å². The fraction of sp³-hybridized carbons (Fsp3) is 0.242. The molecule has 0 aliphatic carbocycles. The molecule has 0 radical (unpaired) electrons. The van der Waals surface area contributed by atoms with Crippen molar-refractivity contribution in [3.63, 3.8) is 0 Å². The standard InChI is InChI=1S/C33H33F2N7O4S/c1-39-16-18-40(19-17-39)13-3-14-41-15-12-25-20-24(6-11-31(25)41)30-21-32(37-22-36-30)38-26-7-9-27(10-8-26)42(46-23-43)47(44,45)33-28(34)4-2-5-29(33)35/h2,4-12,15,20-23H,3,13-14,16-19H2,1H3,(H,36,37,38). The Bertz CT molecular complexity index is 1960. The first kappa shape index (κ1) is 32.0. The molecule has 6 rings (SSSR count). The van der Waals surface area contributed by atoms with E-state index in [0.717, 1.165) is 80.4 Å². The summed E-state index contributed by atoms with van der Waals surface area (Å²) in [6, 6.07) is 18.4. The van der Waals surface area contributed by atoms with E-state index in [1.807, 2.05) is 6.07 Å². The van der Waals surface area contributed by atoms with Gasteiger partial charge in [0.05, 0.1) is 11.4 Å². The van der Waals surface area contributed by atoms with Crippen LogP contribution < -0.4 is 9.79 Å². The number of nitrogens with one attached hydrogen (secondary N) is 1. The predicted octanol–water partition coefficient (Wildman–Crippen LogP) is 5.04. The summed E-state index contributed by atoms with van der Waals surface area (Å²) in [5, 5.41) is 4.24. The van der Waals surface area contributed by atoms with Crippen LogP contribution in [0.1, 0.15) is 6.42 Å². The first-order chi connectivity index (χ1) is 22.7. The lowest BCUT2D eigenvalue weighted by Gasteiger charge is -2.32. The topological polar surface area (TPSA) is 113 Å². The lowest BCUT2D eigenvalue weighted by Crippen LogP contribution is -2.44. The van der Waals surface area contributed by atoms with Crippen LogP contribution in [0.25, 0.3) is 22.2 Å². The van der Waals surface area contributed by atoms with Gasteiger partial charge in [0.25, 0.3) is 0 Å². The Labute approximate surface area is 271 Å². The summed E-state index contributed by atoms with van der Waals surface area (Å²) in [6.07, 6.45) is 4.64. The van der Waals surface area contributed by atoms with Crippen molar-refractivity contribution in [3.8, 4) is 11.3 Å². The number of aryl methyl sites for hydroxylation is 1. The average molecular weight is 662 g/mol. The molecule has 2 aromatic heterocycles. The first-order valence-corrected chi connectivity index (χ1v) is 16.5. The Morgan fingerprint density at radius 3 is 2.40 bits per heavy atom. The fourth-order valence-corrected chi connectivity index (χ4v) is 6.94. The number of hydrogen-bond donors (Lipinski definition) is 1. The normalized spacial score (nSPS) is 14.3. The van der Waals surface area contributed by atoms with Crippen LogP contribution in [0.2, 0.25) is 0 Å². The maximum absolute atomic E-state index is 14.3. The van der Waals surface area contributed by atoms with Gasteiger partial charge in [-0.1, -0.05) is 16.6 Å². The van der Waals surface area contributed by atoms with Crippen molar-refractivity contribution in [2.45, 2.75) is 17.9 Å². The van der Waals surface area contributed by atoms with Gasteiger partial charge >= 0.3 is 16.5 Å². The molecule has 1 N–H and O–H groups in total. The summed E-state index contributed by atoms with van der Waals surface area (Å²) in [4.78, 5) is 28.2. The van der Waals surface area contributed by atoms with Crippen LogP contribution in [0.5, 0.6) is 0 Å². The van der Waals surface area contributed by atoms with Crippen LogP contribution in [0.4, 0.5) is 26.0 Å². The van der Waals surface area contributed by atoms with E-state index in [1.54, 1.807) is 6.07 Å². The molecule has 244 valence electrons. The molecule has 1 aliphatic rings. The van der Waals surface area contributed by atoms with Crippen LogP contribution in [-0.2, 0) is 26.2 Å². The largest absolute Gasteiger partial charge is 0.347 e. The molecule has 3 heterocycles. The number of anilines is 3. The number of likely N-dealkylation sites (N-methyl/N-ethyl adjacent to an activating group) is 1. The van der Waals surface area contributed by atoms with Crippen LogP contribution in [0.3, 0.4) is 0 Å². The summed E-state index contributed by atoms with van der Waals surface area (Å²) in [5.41, 5.74) is 3.14. The first-order valence-electron chi connectivity index (χ1n) is 15.0. The molecule has 0 spiro atoms. The van der Waals surface area contributed by atoms with E-state index in [0.29, 0.717) is 17.2 Å².